The molecule has 1 N–H and O–H groups in total. The van der Waals surface area contributed by atoms with Crippen molar-refractivity contribution in [2.75, 3.05) is 0 Å². The number of rotatable bonds is 6. The van der Waals surface area contributed by atoms with Gasteiger partial charge in [-0.1, -0.05) is 20.8 Å². The van der Waals surface area contributed by atoms with Crippen LogP contribution >= 0.6 is 15.9 Å². The first kappa shape index (κ1) is 14.7. The molecule has 0 aliphatic rings. The van der Waals surface area contributed by atoms with E-state index in [1.807, 2.05) is 11.7 Å². The van der Waals surface area contributed by atoms with Crippen molar-refractivity contribution >= 4 is 15.9 Å². The summed E-state index contributed by atoms with van der Waals surface area (Å²) in [4.78, 5) is 0. The highest BCUT2D eigenvalue weighted by Gasteiger charge is 2.16. The third-order valence-electron chi connectivity index (χ3n) is 3.01. The molecule has 0 aliphatic heterocycles. The molecular weight excluding hydrogens is 280 g/mol. The van der Waals surface area contributed by atoms with Crippen molar-refractivity contribution in [1.29, 1.82) is 0 Å². The van der Waals surface area contributed by atoms with Crippen LogP contribution < -0.4 is 0 Å². The Morgan fingerprint density at radius 1 is 1.35 bits per heavy atom. The fourth-order valence-corrected chi connectivity index (χ4v) is 2.67. The minimum atomic E-state index is -0.270. The van der Waals surface area contributed by atoms with Crippen molar-refractivity contribution in [3.63, 3.8) is 0 Å². The molecule has 0 amide bonds. The molecule has 0 bridgehead atoms. The van der Waals surface area contributed by atoms with Gasteiger partial charge in [-0.25, -0.2) is 0 Å². The first-order chi connectivity index (χ1) is 7.95. The van der Waals surface area contributed by atoms with Crippen LogP contribution in [-0.4, -0.2) is 21.0 Å². The number of aliphatic hydroxyl groups is 1. The average molecular weight is 303 g/mol. The third-order valence-corrected chi connectivity index (χ3v) is 3.92. The van der Waals surface area contributed by atoms with Gasteiger partial charge in [-0.05, 0) is 41.1 Å². The van der Waals surface area contributed by atoms with Gasteiger partial charge in [0.2, 0.25) is 0 Å². The van der Waals surface area contributed by atoms with Crippen LogP contribution in [0.5, 0.6) is 0 Å². The van der Waals surface area contributed by atoms with Gasteiger partial charge in [0.05, 0.1) is 22.0 Å². The quantitative estimate of drug-likeness (QED) is 0.877. The van der Waals surface area contributed by atoms with Crippen molar-refractivity contribution in [2.24, 2.45) is 13.0 Å². The maximum atomic E-state index is 10.0. The second-order valence-electron chi connectivity index (χ2n) is 5.01. The standard InChI is InChI=1S/C13H23BrN2O/c1-5-11-13(14)12(16(4)15-11)8-10(17)7-6-9(2)3/h9-10,17H,5-8H2,1-4H3. The average Bonchev–Trinajstić information content (AvgIpc) is 2.53. The van der Waals surface area contributed by atoms with E-state index in [2.05, 4.69) is 41.8 Å². The Kier molecular flexibility index (Phi) is 5.67. The van der Waals surface area contributed by atoms with Gasteiger partial charge >= 0.3 is 0 Å². The molecule has 1 unspecified atom stereocenters. The molecule has 1 heterocycles. The highest BCUT2D eigenvalue weighted by molar-refractivity contribution is 9.10. The summed E-state index contributed by atoms with van der Waals surface area (Å²) in [6.45, 7) is 6.45. The highest BCUT2D eigenvalue weighted by Crippen LogP contribution is 2.23. The molecule has 1 atom stereocenters. The number of aliphatic hydroxyl groups excluding tert-OH is 1. The molecule has 0 aliphatic carbocycles. The van der Waals surface area contributed by atoms with E-state index in [1.54, 1.807) is 0 Å². The van der Waals surface area contributed by atoms with Crippen molar-refractivity contribution in [1.82, 2.24) is 9.78 Å². The molecule has 0 saturated carbocycles. The first-order valence-electron chi connectivity index (χ1n) is 6.34. The molecule has 17 heavy (non-hydrogen) atoms. The van der Waals surface area contributed by atoms with E-state index in [4.69, 9.17) is 0 Å². The van der Waals surface area contributed by atoms with Gasteiger partial charge in [0.1, 0.15) is 0 Å². The van der Waals surface area contributed by atoms with Gasteiger partial charge in [0.15, 0.2) is 0 Å². The summed E-state index contributed by atoms with van der Waals surface area (Å²) in [7, 11) is 1.94. The van der Waals surface area contributed by atoms with Gasteiger partial charge in [-0.3, -0.25) is 4.68 Å². The van der Waals surface area contributed by atoms with Gasteiger partial charge in [-0.2, -0.15) is 5.10 Å². The van der Waals surface area contributed by atoms with Crippen molar-refractivity contribution in [3.8, 4) is 0 Å². The Hall–Kier alpha value is -0.350. The molecule has 1 rings (SSSR count). The van der Waals surface area contributed by atoms with Crippen LogP contribution in [0.25, 0.3) is 0 Å². The third kappa shape index (κ3) is 4.11. The van der Waals surface area contributed by atoms with Gasteiger partial charge in [-0.15, -0.1) is 0 Å². The maximum absolute atomic E-state index is 10.0. The van der Waals surface area contributed by atoms with Crippen molar-refractivity contribution < 1.29 is 5.11 Å². The zero-order valence-corrected chi connectivity index (χ0v) is 12.8. The lowest BCUT2D eigenvalue weighted by Gasteiger charge is -2.12. The highest BCUT2D eigenvalue weighted by atomic mass is 79.9. The number of halogens is 1. The predicted octanol–water partition coefficient (Wildman–Crippen LogP) is 3.08. The molecule has 98 valence electrons. The molecule has 1 aromatic rings. The van der Waals surface area contributed by atoms with Gasteiger partial charge in [0.25, 0.3) is 0 Å². The summed E-state index contributed by atoms with van der Waals surface area (Å²) < 4.78 is 2.94. The van der Waals surface area contributed by atoms with Crippen LogP contribution in [0.4, 0.5) is 0 Å². The number of nitrogens with zero attached hydrogens (tertiary/aromatic N) is 2. The van der Waals surface area contributed by atoms with E-state index < -0.39 is 0 Å². The largest absolute Gasteiger partial charge is 0.393 e. The molecule has 3 nitrogen and oxygen atoms in total. The van der Waals surface area contributed by atoms with Crippen LogP contribution in [0.15, 0.2) is 4.47 Å². The summed E-state index contributed by atoms with van der Waals surface area (Å²) in [5.74, 6) is 0.644. The smallest absolute Gasteiger partial charge is 0.0766 e. The van der Waals surface area contributed by atoms with Crippen LogP contribution in [0, 0.1) is 5.92 Å². The van der Waals surface area contributed by atoms with E-state index >= 15 is 0 Å². The van der Waals surface area contributed by atoms with Crippen LogP contribution in [0.3, 0.4) is 0 Å². The molecule has 1 aromatic heterocycles. The second-order valence-corrected chi connectivity index (χ2v) is 5.81. The first-order valence-corrected chi connectivity index (χ1v) is 7.13. The molecule has 0 fully saturated rings. The van der Waals surface area contributed by atoms with Crippen molar-refractivity contribution in [3.05, 3.63) is 15.9 Å². The van der Waals surface area contributed by atoms with E-state index in [-0.39, 0.29) is 6.10 Å². The van der Waals surface area contributed by atoms with E-state index in [0.717, 1.165) is 35.1 Å². The molecule has 0 spiro atoms. The van der Waals surface area contributed by atoms with Gasteiger partial charge < -0.3 is 5.11 Å². The van der Waals surface area contributed by atoms with E-state index in [1.165, 1.54) is 0 Å². The minimum absolute atomic E-state index is 0.270. The van der Waals surface area contributed by atoms with E-state index in [9.17, 15) is 5.11 Å². The Bertz CT molecular complexity index is 361. The Morgan fingerprint density at radius 2 is 2.00 bits per heavy atom. The fraction of sp³-hybridized carbons (Fsp3) is 0.769. The molecule has 4 heteroatoms. The Morgan fingerprint density at radius 3 is 2.47 bits per heavy atom. The monoisotopic (exact) mass is 302 g/mol. The molecule has 0 aromatic carbocycles. The molecular formula is C13H23BrN2O. The summed E-state index contributed by atoms with van der Waals surface area (Å²) in [6, 6.07) is 0. The number of hydrogen-bond donors (Lipinski definition) is 1. The number of hydrogen-bond acceptors (Lipinski definition) is 2. The van der Waals surface area contributed by atoms with Crippen LogP contribution in [0.2, 0.25) is 0 Å². The lowest BCUT2D eigenvalue weighted by Crippen LogP contribution is -2.14. The zero-order chi connectivity index (χ0) is 13.0. The lowest BCUT2D eigenvalue weighted by molar-refractivity contribution is 0.154. The van der Waals surface area contributed by atoms with Crippen molar-refractivity contribution in [2.45, 2.75) is 52.6 Å². The summed E-state index contributed by atoms with van der Waals surface area (Å²) >= 11 is 3.58. The summed E-state index contributed by atoms with van der Waals surface area (Å²) in [5.41, 5.74) is 2.16. The summed E-state index contributed by atoms with van der Waals surface area (Å²) in [6.07, 6.45) is 3.25. The van der Waals surface area contributed by atoms with Gasteiger partial charge in [0, 0.05) is 13.5 Å². The Balaban J connectivity index is 2.64. The summed E-state index contributed by atoms with van der Waals surface area (Å²) in [5, 5.41) is 14.5. The van der Waals surface area contributed by atoms with Crippen LogP contribution in [-0.2, 0) is 19.9 Å². The van der Waals surface area contributed by atoms with E-state index in [0.29, 0.717) is 12.3 Å². The molecule has 0 saturated heterocycles. The zero-order valence-electron chi connectivity index (χ0n) is 11.2. The number of aryl methyl sites for hydroxylation is 2. The lowest BCUT2D eigenvalue weighted by atomic mass is 10.0. The number of aromatic nitrogens is 2. The normalized spacial score (nSPS) is 13.4. The maximum Gasteiger partial charge on any atom is 0.0766 e. The predicted molar refractivity (Wildman–Crippen MR) is 74.1 cm³/mol. The van der Waals surface area contributed by atoms with Crippen LogP contribution in [0.1, 0.15) is 45.0 Å². The minimum Gasteiger partial charge on any atom is -0.393 e. The fourth-order valence-electron chi connectivity index (χ4n) is 1.89. The Labute approximate surface area is 112 Å². The topological polar surface area (TPSA) is 38.0 Å². The molecule has 0 radical (unpaired) electrons. The second kappa shape index (κ2) is 6.55. The SMILES string of the molecule is CCc1nn(C)c(CC(O)CCC(C)C)c1Br.